The summed E-state index contributed by atoms with van der Waals surface area (Å²) in [5.74, 6) is 0.0822. The first kappa shape index (κ1) is 27.9. The van der Waals surface area contributed by atoms with E-state index in [4.69, 9.17) is 0 Å². The fourth-order valence-electron chi connectivity index (χ4n) is 5.66. The average Bonchev–Trinajstić information content (AvgIpc) is 3.15. The predicted molar refractivity (Wildman–Crippen MR) is 151 cm³/mol. The van der Waals surface area contributed by atoms with Crippen molar-refractivity contribution in [3.8, 4) is 0 Å². The van der Waals surface area contributed by atoms with Gasteiger partial charge in [0.05, 0.1) is 5.41 Å². The molecule has 5 rings (SSSR count). The minimum atomic E-state index is -4.64. The van der Waals surface area contributed by atoms with Gasteiger partial charge in [-0.2, -0.15) is 18.2 Å². The van der Waals surface area contributed by atoms with E-state index in [1.54, 1.807) is 32.0 Å². The van der Waals surface area contributed by atoms with Gasteiger partial charge in [0.15, 0.2) is 0 Å². The van der Waals surface area contributed by atoms with Crippen LogP contribution in [0.15, 0.2) is 48.7 Å². The highest BCUT2D eigenvalue weighted by molar-refractivity contribution is 6.06. The third-order valence-corrected chi connectivity index (χ3v) is 8.03. The maximum atomic E-state index is 13.8. The van der Waals surface area contributed by atoms with Crippen molar-refractivity contribution < 1.29 is 18.0 Å². The highest BCUT2D eigenvalue weighted by atomic mass is 19.4. The number of likely N-dealkylation sites (tertiary alicyclic amines) is 1. The van der Waals surface area contributed by atoms with Crippen LogP contribution in [0, 0.1) is 0 Å². The molecule has 40 heavy (non-hydrogen) atoms. The lowest BCUT2D eigenvalue weighted by Crippen LogP contribution is -2.37. The Morgan fingerprint density at radius 3 is 2.45 bits per heavy atom. The van der Waals surface area contributed by atoms with Gasteiger partial charge in [-0.1, -0.05) is 24.3 Å². The standard InChI is InChI=1S/C30H35F3N6O/c1-18(2)39-14-12-20(13-15-39)19-8-10-22(11-9-19)36-28-35-17-23(30(31,32)33)26(38-28)34-16-21-6-5-7-24-25(21)29(3,4)27(40)37-24/h5-11,17-18,20H,12-16H2,1-4H3,(H,37,40)(H2,34,35,36,38). The first-order valence-corrected chi connectivity index (χ1v) is 13.7. The molecular weight excluding hydrogens is 517 g/mol. The Kier molecular flexibility index (Phi) is 7.48. The summed E-state index contributed by atoms with van der Waals surface area (Å²) < 4.78 is 41.5. The number of halogens is 3. The normalized spacial score (nSPS) is 17.6. The van der Waals surface area contributed by atoms with E-state index in [0.717, 1.165) is 43.3 Å². The molecule has 0 atom stereocenters. The third kappa shape index (κ3) is 5.63. The minimum Gasteiger partial charge on any atom is -0.365 e. The largest absolute Gasteiger partial charge is 0.421 e. The van der Waals surface area contributed by atoms with Gasteiger partial charge in [-0.3, -0.25) is 4.79 Å². The predicted octanol–water partition coefficient (Wildman–Crippen LogP) is 6.67. The molecule has 10 heteroatoms. The zero-order chi connectivity index (χ0) is 28.7. The monoisotopic (exact) mass is 552 g/mol. The van der Waals surface area contributed by atoms with E-state index in [2.05, 4.69) is 56.8 Å². The average molecular weight is 553 g/mol. The zero-order valence-corrected chi connectivity index (χ0v) is 23.2. The zero-order valence-electron chi connectivity index (χ0n) is 23.2. The van der Waals surface area contributed by atoms with Gasteiger partial charge in [0, 0.05) is 30.2 Å². The number of nitrogens with zero attached hydrogens (tertiary/aromatic N) is 3. The first-order chi connectivity index (χ1) is 18.9. The van der Waals surface area contributed by atoms with Gasteiger partial charge in [-0.25, -0.2) is 4.98 Å². The number of aromatic nitrogens is 2. The lowest BCUT2D eigenvalue weighted by molar-refractivity contribution is -0.137. The van der Waals surface area contributed by atoms with Gasteiger partial charge in [-0.05, 0) is 94.4 Å². The molecule has 1 aromatic heterocycles. The van der Waals surface area contributed by atoms with Crippen molar-refractivity contribution in [2.75, 3.05) is 29.0 Å². The molecule has 7 nitrogen and oxygen atoms in total. The number of carbonyl (C=O) groups excluding carboxylic acids is 1. The number of hydrogen-bond donors (Lipinski definition) is 3. The number of anilines is 4. The van der Waals surface area contributed by atoms with Crippen molar-refractivity contribution in [1.82, 2.24) is 14.9 Å². The van der Waals surface area contributed by atoms with Gasteiger partial charge in [0.25, 0.3) is 0 Å². The maximum Gasteiger partial charge on any atom is 0.421 e. The highest BCUT2D eigenvalue weighted by Crippen LogP contribution is 2.40. The summed E-state index contributed by atoms with van der Waals surface area (Å²) in [6, 6.07) is 13.9. The fourth-order valence-corrected chi connectivity index (χ4v) is 5.66. The molecule has 0 saturated carbocycles. The molecule has 3 aromatic rings. The van der Waals surface area contributed by atoms with Gasteiger partial charge >= 0.3 is 6.18 Å². The summed E-state index contributed by atoms with van der Waals surface area (Å²) in [6.45, 7) is 10.3. The molecule has 3 N–H and O–H groups in total. The SMILES string of the molecule is CC(C)N1CCC(c2ccc(Nc3ncc(C(F)(F)F)c(NCc4cccc5c4C(C)(C)C(=O)N5)n3)cc2)CC1. The summed E-state index contributed by atoms with van der Waals surface area (Å²) in [7, 11) is 0. The molecule has 0 bridgehead atoms. The number of amides is 1. The number of hydrogen-bond acceptors (Lipinski definition) is 6. The number of piperidine rings is 1. The molecular formula is C30H35F3N6O. The number of rotatable bonds is 7. The summed E-state index contributed by atoms with van der Waals surface area (Å²) >= 11 is 0. The molecule has 212 valence electrons. The second kappa shape index (κ2) is 10.7. The van der Waals surface area contributed by atoms with Crippen LogP contribution in [0.2, 0.25) is 0 Å². The Bertz CT molecular complexity index is 1380. The summed E-state index contributed by atoms with van der Waals surface area (Å²) in [5.41, 5.74) is 2.36. The van der Waals surface area contributed by atoms with Gasteiger partial charge in [0.1, 0.15) is 11.4 Å². The van der Waals surface area contributed by atoms with Gasteiger partial charge in [0.2, 0.25) is 11.9 Å². The smallest absolute Gasteiger partial charge is 0.365 e. The van der Waals surface area contributed by atoms with Crippen molar-refractivity contribution in [2.24, 2.45) is 0 Å². The van der Waals surface area contributed by atoms with E-state index in [0.29, 0.717) is 23.3 Å². The Balaban J connectivity index is 1.32. The second-order valence-corrected chi connectivity index (χ2v) is 11.4. The summed E-state index contributed by atoms with van der Waals surface area (Å²) in [6.07, 6.45) is -1.63. The van der Waals surface area contributed by atoms with E-state index >= 15 is 0 Å². The maximum absolute atomic E-state index is 13.8. The Morgan fingerprint density at radius 1 is 1.10 bits per heavy atom. The van der Waals surface area contributed by atoms with Crippen LogP contribution >= 0.6 is 0 Å². The van der Waals surface area contributed by atoms with E-state index in [1.807, 2.05) is 12.1 Å². The molecule has 0 radical (unpaired) electrons. The van der Waals surface area contributed by atoms with Gasteiger partial charge in [-0.15, -0.1) is 0 Å². The quantitative estimate of drug-likeness (QED) is 0.304. The lowest BCUT2D eigenvalue weighted by Gasteiger charge is -2.34. The molecule has 2 aromatic carbocycles. The van der Waals surface area contributed by atoms with Crippen molar-refractivity contribution in [3.05, 3.63) is 70.9 Å². The second-order valence-electron chi connectivity index (χ2n) is 11.4. The Labute approximate surface area is 232 Å². The Hall–Kier alpha value is -3.66. The van der Waals surface area contributed by atoms with E-state index < -0.39 is 17.2 Å². The van der Waals surface area contributed by atoms with E-state index in [1.165, 1.54) is 5.56 Å². The summed E-state index contributed by atoms with van der Waals surface area (Å²) in [4.78, 5) is 23.0. The van der Waals surface area contributed by atoms with E-state index in [9.17, 15) is 18.0 Å². The molecule has 1 fully saturated rings. The minimum absolute atomic E-state index is 0.0592. The van der Waals surface area contributed by atoms with Crippen molar-refractivity contribution in [1.29, 1.82) is 0 Å². The summed E-state index contributed by atoms with van der Waals surface area (Å²) in [5, 5.41) is 8.74. The van der Waals surface area contributed by atoms with Crippen molar-refractivity contribution in [3.63, 3.8) is 0 Å². The topological polar surface area (TPSA) is 82.2 Å². The highest BCUT2D eigenvalue weighted by Gasteiger charge is 2.40. The number of benzene rings is 2. The molecule has 2 aliphatic heterocycles. The number of nitrogens with one attached hydrogen (secondary N) is 3. The molecule has 1 saturated heterocycles. The van der Waals surface area contributed by atoms with Crippen LogP contribution in [0.5, 0.6) is 0 Å². The van der Waals surface area contributed by atoms with Crippen LogP contribution in [0.4, 0.5) is 36.3 Å². The lowest BCUT2D eigenvalue weighted by atomic mass is 9.83. The van der Waals surface area contributed by atoms with Crippen LogP contribution < -0.4 is 16.0 Å². The molecule has 0 unspecified atom stereocenters. The van der Waals surface area contributed by atoms with Crippen LogP contribution in [-0.2, 0) is 22.9 Å². The molecule has 3 heterocycles. The van der Waals surface area contributed by atoms with Crippen LogP contribution in [0.3, 0.4) is 0 Å². The van der Waals surface area contributed by atoms with Crippen LogP contribution in [-0.4, -0.2) is 39.9 Å². The third-order valence-electron chi connectivity index (χ3n) is 8.03. The number of carbonyl (C=O) groups is 1. The molecule has 0 spiro atoms. The number of fused-ring (bicyclic) bond motifs is 1. The van der Waals surface area contributed by atoms with Crippen molar-refractivity contribution >= 4 is 29.0 Å². The first-order valence-electron chi connectivity index (χ1n) is 13.7. The molecule has 1 amide bonds. The van der Waals surface area contributed by atoms with E-state index in [-0.39, 0.29) is 24.2 Å². The van der Waals surface area contributed by atoms with Crippen molar-refractivity contribution in [2.45, 2.75) is 70.6 Å². The Morgan fingerprint density at radius 2 is 1.80 bits per heavy atom. The fraction of sp³-hybridized carbons (Fsp3) is 0.433. The van der Waals surface area contributed by atoms with Crippen LogP contribution in [0.1, 0.15) is 68.7 Å². The molecule has 0 aliphatic carbocycles. The number of alkyl halides is 3. The van der Waals surface area contributed by atoms with Crippen LogP contribution in [0.25, 0.3) is 0 Å². The molecule has 2 aliphatic rings. The van der Waals surface area contributed by atoms with Gasteiger partial charge < -0.3 is 20.9 Å².